The van der Waals surface area contributed by atoms with Gasteiger partial charge in [-0.25, -0.2) is 9.78 Å². The molecule has 3 N–H and O–H groups in total. The smallest absolute Gasteiger partial charge is 0.415 e. The Labute approximate surface area is 250 Å². The number of ether oxygens (including phenoxy) is 2. The summed E-state index contributed by atoms with van der Waals surface area (Å²) in [6.45, 7) is 7.39. The Kier molecular flexibility index (Phi) is 8.23. The molecule has 3 aromatic heterocycles. The first-order valence-corrected chi connectivity index (χ1v) is 14.7. The van der Waals surface area contributed by atoms with Crippen LogP contribution in [0.5, 0.6) is 0 Å². The maximum absolute atomic E-state index is 13.6. The average molecular weight is 596 g/mol. The van der Waals surface area contributed by atoms with E-state index in [4.69, 9.17) is 9.47 Å². The summed E-state index contributed by atoms with van der Waals surface area (Å²) >= 11 is 0. The molecular formula is C30H41N7O6. The SMILES string of the molecule is COC1(C)CCC(n2cccc(Nc3cc(N(C)C(=O)OC(C)(C)C)n4ncc(C(=O)NC5CC[C@H]5O)c4n3)c2=O)CC1. The summed E-state index contributed by atoms with van der Waals surface area (Å²) in [6.07, 6.45) is 6.54. The van der Waals surface area contributed by atoms with Crippen LogP contribution in [0.4, 0.5) is 22.1 Å². The molecule has 0 saturated heterocycles. The van der Waals surface area contributed by atoms with Crippen molar-refractivity contribution in [3.05, 3.63) is 46.5 Å². The van der Waals surface area contributed by atoms with Gasteiger partial charge in [-0.05, 0) is 78.4 Å². The first-order chi connectivity index (χ1) is 20.3. The molecule has 13 nitrogen and oxygen atoms in total. The average Bonchev–Trinajstić information content (AvgIpc) is 3.39. The Balaban J connectivity index is 1.50. The predicted octanol–water partition coefficient (Wildman–Crippen LogP) is 3.78. The maximum atomic E-state index is 13.6. The third kappa shape index (κ3) is 6.37. The molecular weight excluding hydrogens is 554 g/mol. The van der Waals surface area contributed by atoms with Crippen molar-refractivity contribution in [1.29, 1.82) is 0 Å². The fourth-order valence-electron chi connectivity index (χ4n) is 5.46. The van der Waals surface area contributed by atoms with Crippen molar-refractivity contribution in [3.8, 4) is 0 Å². The van der Waals surface area contributed by atoms with Crippen molar-refractivity contribution in [2.75, 3.05) is 24.4 Å². The molecule has 2 fully saturated rings. The topological polar surface area (TPSA) is 152 Å². The molecule has 3 aromatic rings. The van der Waals surface area contributed by atoms with E-state index < -0.39 is 23.7 Å². The van der Waals surface area contributed by atoms with E-state index in [-0.39, 0.29) is 46.1 Å². The summed E-state index contributed by atoms with van der Waals surface area (Å²) in [7, 11) is 3.26. The van der Waals surface area contributed by atoms with Crippen LogP contribution >= 0.6 is 0 Å². The van der Waals surface area contributed by atoms with Crippen LogP contribution in [0.15, 0.2) is 35.4 Å². The molecule has 2 aliphatic carbocycles. The fourth-order valence-corrected chi connectivity index (χ4v) is 5.46. The minimum absolute atomic E-state index is 0.0359. The van der Waals surface area contributed by atoms with E-state index in [1.54, 1.807) is 50.8 Å². The molecule has 2 amide bonds. The second kappa shape index (κ2) is 11.6. The van der Waals surface area contributed by atoms with E-state index >= 15 is 0 Å². The molecule has 0 radical (unpaired) electrons. The Morgan fingerprint density at radius 3 is 2.51 bits per heavy atom. The van der Waals surface area contributed by atoms with Gasteiger partial charge in [0.15, 0.2) is 5.65 Å². The second-order valence-corrected chi connectivity index (χ2v) is 12.7. The standard InChI is InChI=1S/C30H41N7O6/c1-29(2,3)43-28(41)35(5)24-16-23(34-25-19(17-31-37(24)25)26(39)33-20-9-10-22(20)38)32-21-8-7-15-36(27(21)40)18-11-13-30(4,42-6)14-12-18/h7-8,15-18,20,22,38H,9-14H2,1-6H3,(H,32,34)(H,33,39)/t18?,20?,22-,30?/m1/s1. The lowest BCUT2D eigenvalue weighted by Crippen LogP contribution is -2.50. The monoisotopic (exact) mass is 595 g/mol. The number of nitrogens with one attached hydrogen (secondary N) is 2. The number of aromatic nitrogens is 4. The van der Waals surface area contributed by atoms with Crippen LogP contribution in [0.2, 0.25) is 0 Å². The van der Waals surface area contributed by atoms with E-state index in [1.165, 1.54) is 22.7 Å². The third-order valence-corrected chi connectivity index (χ3v) is 8.40. The highest BCUT2D eigenvalue weighted by Crippen LogP contribution is 2.36. The molecule has 2 aliphatic rings. The van der Waals surface area contributed by atoms with Crippen molar-refractivity contribution < 1.29 is 24.2 Å². The van der Waals surface area contributed by atoms with E-state index in [0.717, 1.165) is 25.7 Å². The van der Waals surface area contributed by atoms with Gasteiger partial charge in [0.05, 0.1) is 23.9 Å². The first-order valence-electron chi connectivity index (χ1n) is 14.7. The second-order valence-electron chi connectivity index (χ2n) is 12.7. The number of methoxy groups -OCH3 is 1. The molecule has 3 heterocycles. The quantitative estimate of drug-likeness (QED) is 0.370. The molecule has 5 rings (SSSR count). The Hall–Kier alpha value is -3.97. The Morgan fingerprint density at radius 1 is 1.19 bits per heavy atom. The number of hydrogen-bond acceptors (Lipinski definition) is 9. The summed E-state index contributed by atoms with van der Waals surface area (Å²) in [6, 6.07) is 4.74. The number of pyridine rings is 1. The van der Waals surface area contributed by atoms with Crippen LogP contribution in [0.3, 0.4) is 0 Å². The maximum Gasteiger partial charge on any atom is 0.415 e. The number of hydrogen-bond donors (Lipinski definition) is 3. The zero-order valence-electron chi connectivity index (χ0n) is 25.6. The minimum Gasteiger partial charge on any atom is -0.443 e. The van der Waals surface area contributed by atoms with Gasteiger partial charge >= 0.3 is 6.09 Å². The van der Waals surface area contributed by atoms with Crippen molar-refractivity contribution in [1.82, 2.24) is 24.5 Å². The zero-order valence-corrected chi connectivity index (χ0v) is 25.6. The van der Waals surface area contributed by atoms with Crippen molar-refractivity contribution >= 4 is 35.0 Å². The lowest BCUT2D eigenvalue weighted by molar-refractivity contribution is -0.0324. The number of nitrogens with zero attached hydrogens (tertiary/aromatic N) is 5. The van der Waals surface area contributed by atoms with Crippen LogP contribution < -0.4 is 21.1 Å². The molecule has 2 atom stereocenters. The number of carbonyl (C=O) groups excluding carboxylic acids is 2. The number of fused-ring (bicyclic) bond motifs is 1. The van der Waals surface area contributed by atoms with Gasteiger partial charge in [-0.2, -0.15) is 9.61 Å². The Bertz CT molecular complexity index is 1570. The van der Waals surface area contributed by atoms with Gasteiger partial charge < -0.3 is 29.8 Å². The van der Waals surface area contributed by atoms with Crippen LogP contribution in [-0.4, -0.2) is 73.8 Å². The highest BCUT2D eigenvalue weighted by atomic mass is 16.6. The highest BCUT2D eigenvalue weighted by Gasteiger charge is 2.33. The molecule has 2 saturated carbocycles. The van der Waals surface area contributed by atoms with E-state index in [9.17, 15) is 19.5 Å². The van der Waals surface area contributed by atoms with E-state index in [0.29, 0.717) is 18.5 Å². The molecule has 0 bridgehead atoms. The molecule has 0 aliphatic heterocycles. The summed E-state index contributed by atoms with van der Waals surface area (Å²) in [5, 5.41) is 20.3. The number of rotatable bonds is 7. The van der Waals surface area contributed by atoms with Gasteiger partial charge in [0, 0.05) is 32.5 Å². The highest BCUT2D eigenvalue weighted by molar-refractivity contribution is 6.00. The summed E-state index contributed by atoms with van der Waals surface area (Å²) in [5.41, 5.74) is -0.500. The lowest BCUT2D eigenvalue weighted by Gasteiger charge is -2.36. The number of aliphatic hydroxyl groups excluding tert-OH is 1. The van der Waals surface area contributed by atoms with Gasteiger partial charge in [0.1, 0.15) is 28.5 Å². The molecule has 1 unspecified atom stereocenters. The molecule has 0 aromatic carbocycles. The van der Waals surface area contributed by atoms with Crippen LogP contribution in [0, 0.1) is 0 Å². The number of carbonyl (C=O) groups is 2. The fraction of sp³-hybridized carbons (Fsp3) is 0.567. The molecule has 13 heteroatoms. The minimum atomic E-state index is -0.744. The predicted molar refractivity (Wildman–Crippen MR) is 161 cm³/mol. The summed E-state index contributed by atoms with van der Waals surface area (Å²) in [5.74, 6) is 0.0603. The number of aliphatic hydroxyl groups is 1. The van der Waals surface area contributed by atoms with Crippen LogP contribution in [-0.2, 0) is 9.47 Å². The molecule has 232 valence electrons. The Morgan fingerprint density at radius 2 is 1.91 bits per heavy atom. The van der Waals surface area contributed by atoms with Gasteiger partial charge in [0.2, 0.25) is 0 Å². The van der Waals surface area contributed by atoms with Gasteiger partial charge in [-0.15, -0.1) is 0 Å². The van der Waals surface area contributed by atoms with Gasteiger partial charge in [-0.1, -0.05) is 0 Å². The molecule has 43 heavy (non-hydrogen) atoms. The summed E-state index contributed by atoms with van der Waals surface area (Å²) < 4.78 is 14.3. The number of amides is 2. The van der Waals surface area contributed by atoms with Gasteiger partial charge in [-0.3, -0.25) is 14.5 Å². The normalized spacial score (nSPS) is 23.8. The lowest BCUT2D eigenvalue weighted by atomic mass is 9.83. The zero-order chi connectivity index (χ0) is 31.1. The van der Waals surface area contributed by atoms with Crippen molar-refractivity contribution in [3.63, 3.8) is 0 Å². The van der Waals surface area contributed by atoms with Crippen molar-refractivity contribution in [2.24, 2.45) is 0 Å². The van der Waals surface area contributed by atoms with Crippen LogP contribution in [0.25, 0.3) is 5.65 Å². The summed E-state index contributed by atoms with van der Waals surface area (Å²) in [4.78, 5) is 45.7. The largest absolute Gasteiger partial charge is 0.443 e. The molecule has 0 spiro atoms. The number of anilines is 3. The van der Waals surface area contributed by atoms with E-state index in [2.05, 4.69) is 27.6 Å². The van der Waals surface area contributed by atoms with Crippen molar-refractivity contribution in [2.45, 2.75) is 95.6 Å². The van der Waals surface area contributed by atoms with Crippen LogP contribution in [0.1, 0.15) is 82.6 Å². The van der Waals surface area contributed by atoms with E-state index in [1.807, 2.05) is 6.07 Å². The van der Waals surface area contributed by atoms with Gasteiger partial charge in [0.25, 0.3) is 11.5 Å². The first kappa shape index (κ1) is 30.5. The third-order valence-electron chi connectivity index (χ3n) is 8.40.